The predicted molar refractivity (Wildman–Crippen MR) is 142 cm³/mol. The number of carbonyl (C=O) groups excluding carboxylic acids is 2. The van der Waals surface area contributed by atoms with Gasteiger partial charge in [-0.1, -0.05) is 76.7 Å². The Bertz CT molecular complexity index is 596. The highest BCUT2D eigenvalue weighted by molar-refractivity contribution is 5.72. The summed E-state index contributed by atoms with van der Waals surface area (Å²) >= 11 is 0. The standard InChI is InChI=1S/C29H51NO5/c1-4-6-7-8-9-10-11-12-13-14-15-16-17-18-20-26(19-5-2)28(31)33-25-34-29(32)35-27-21-23-30(3)24-22-27/h9-10,12-13,26-27H,4-8,11,14-25H2,1-3H3. The number of carbonyl (C=O) groups is 2. The molecule has 0 radical (unpaired) electrons. The van der Waals surface area contributed by atoms with Crippen LogP contribution >= 0.6 is 0 Å². The SMILES string of the molecule is CCCCCC=CCC=CCCCCCCC(CCC)C(=O)OCOC(=O)OC1CCN(C)CC1. The van der Waals surface area contributed by atoms with Gasteiger partial charge in [0.25, 0.3) is 0 Å². The molecule has 1 unspecified atom stereocenters. The van der Waals surface area contributed by atoms with Gasteiger partial charge in [0.2, 0.25) is 6.79 Å². The largest absolute Gasteiger partial charge is 0.511 e. The Morgan fingerprint density at radius 1 is 0.829 bits per heavy atom. The Balaban J connectivity index is 2.07. The minimum absolute atomic E-state index is 0.116. The van der Waals surface area contributed by atoms with Gasteiger partial charge in [-0.2, -0.15) is 0 Å². The lowest BCUT2D eigenvalue weighted by Crippen LogP contribution is -2.35. The smallest absolute Gasteiger partial charge is 0.431 e. The van der Waals surface area contributed by atoms with Crippen LogP contribution in [0.15, 0.2) is 24.3 Å². The lowest BCUT2D eigenvalue weighted by atomic mass is 9.96. The van der Waals surface area contributed by atoms with E-state index in [0.29, 0.717) is 0 Å². The van der Waals surface area contributed by atoms with Crippen LogP contribution in [0.25, 0.3) is 0 Å². The average molecular weight is 494 g/mol. The molecular formula is C29H51NO5. The van der Waals surface area contributed by atoms with Gasteiger partial charge in [-0.25, -0.2) is 4.79 Å². The second kappa shape index (κ2) is 21.5. The van der Waals surface area contributed by atoms with Crippen LogP contribution in [0, 0.1) is 5.92 Å². The molecule has 0 bridgehead atoms. The molecule has 0 spiro atoms. The number of ether oxygens (including phenoxy) is 3. The zero-order valence-electron chi connectivity index (χ0n) is 22.7. The third-order valence-corrected chi connectivity index (χ3v) is 6.53. The van der Waals surface area contributed by atoms with Crippen molar-refractivity contribution in [2.45, 2.75) is 116 Å². The Kier molecular flexibility index (Phi) is 19.1. The molecule has 0 aromatic heterocycles. The average Bonchev–Trinajstić information content (AvgIpc) is 2.85. The van der Waals surface area contributed by atoms with Crippen molar-refractivity contribution in [2.75, 3.05) is 26.9 Å². The summed E-state index contributed by atoms with van der Waals surface area (Å²) in [4.78, 5) is 26.5. The van der Waals surface area contributed by atoms with Crippen LogP contribution in [-0.4, -0.2) is 50.1 Å². The molecule has 6 nitrogen and oxygen atoms in total. The van der Waals surface area contributed by atoms with E-state index in [0.717, 1.165) is 70.9 Å². The normalized spacial score (nSPS) is 16.1. The Hall–Kier alpha value is -1.82. The summed E-state index contributed by atoms with van der Waals surface area (Å²) in [6.45, 7) is 5.74. The van der Waals surface area contributed by atoms with Gasteiger partial charge in [0, 0.05) is 13.1 Å². The molecule has 0 N–H and O–H groups in total. The van der Waals surface area contributed by atoms with Crippen molar-refractivity contribution in [3.63, 3.8) is 0 Å². The summed E-state index contributed by atoms with van der Waals surface area (Å²) < 4.78 is 15.5. The first kappa shape index (κ1) is 31.2. The van der Waals surface area contributed by atoms with Crippen LogP contribution in [0.4, 0.5) is 4.79 Å². The molecule has 1 atom stereocenters. The number of hydrogen-bond donors (Lipinski definition) is 0. The number of unbranched alkanes of at least 4 members (excludes halogenated alkanes) is 7. The summed E-state index contributed by atoms with van der Waals surface area (Å²) in [5.74, 6) is -0.401. The van der Waals surface area contributed by atoms with Crippen LogP contribution in [0.2, 0.25) is 0 Å². The topological polar surface area (TPSA) is 65.1 Å². The summed E-state index contributed by atoms with van der Waals surface area (Å²) in [5.41, 5.74) is 0. The van der Waals surface area contributed by atoms with Crippen LogP contribution in [0.5, 0.6) is 0 Å². The second-order valence-electron chi connectivity index (χ2n) is 9.75. The van der Waals surface area contributed by atoms with Crippen molar-refractivity contribution in [3.8, 4) is 0 Å². The highest BCUT2D eigenvalue weighted by atomic mass is 16.8. The van der Waals surface area contributed by atoms with Crippen molar-refractivity contribution in [1.82, 2.24) is 4.90 Å². The maximum atomic E-state index is 12.4. The summed E-state index contributed by atoms with van der Waals surface area (Å²) in [7, 11) is 2.05. The maximum absolute atomic E-state index is 12.4. The van der Waals surface area contributed by atoms with E-state index in [4.69, 9.17) is 14.2 Å². The molecule has 202 valence electrons. The fourth-order valence-electron chi connectivity index (χ4n) is 4.28. The number of nitrogens with zero attached hydrogens (tertiary/aromatic N) is 1. The van der Waals surface area contributed by atoms with Gasteiger partial charge in [-0.3, -0.25) is 4.79 Å². The van der Waals surface area contributed by atoms with Crippen LogP contribution in [0.1, 0.15) is 110 Å². The van der Waals surface area contributed by atoms with Gasteiger partial charge < -0.3 is 19.1 Å². The van der Waals surface area contributed by atoms with E-state index in [1.54, 1.807) is 0 Å². The predicted octanol–water partition coefficient (Wildman–Crippen LogP) is 7.57. The van der Waals surface area contributed by atoms with Crippen molar-refractivity contribution < 1.29 is 23.8 Å². The molecule has 0 aromatic rings. The van der Waals surface area contributed by atoms with Crippen molar-refractivity contribution >= 4 is 12.1 Å². The van der Waals surface area contributed by atoms with E-state index in [9.17, 15) is 9.59 Å². The maximum Gasteiger partial charge on any atom is 0.511 e. The molecule has 6 heteroatoms. The van der Waals surface area contributed by atoms with E-state index in [1.165, 1.54) is 38.5 Å². The molecule has 35 heavy (non-hydrogen) atoms. The number of allylic oxidation sites excluding steroid dienone is 4. The number of rotatable bonds is 19. The van der Waals surface area contributed by atoms with E-state index in [-0.39, 0.29) is 24.8 Å². The lowest BCUT2D eigenvalue weighted by molar-refractivity contribution is -0.159. The van der Waals surface area contributed by atoms with Crippen LogP contribution in [0.3, 0.4) is 0 Å². The Morgan fingerprint density at radius 3 is 2.14 bits per heavy atom. The monoisotopic (exact) mass is 493 g/mol. The molecule has 0 aromatic carbocycles. The number of likely N-dealkylation sites (tertiary alicyclic amines) is 1. The third-order valence-electron chi connectivity index (χ3n) is 6.53. The third kappa shape index (κ3) is 17.3. The summed E-state index contributed by atoms with van der Waals surface area (Å²) in [5, 5.41) is 0. The highest BCUT2D eigenvalue weighted by Gasteiger charge is 2.22. The fourth-order valence-corrected chi connectivity index (χ4v) is 4.28. The molecule has 0 saturated carbocycles. The zero-order valence-corrected chi connectivity index (χ0v) is 22.7. The van der Waals surface area contributed by atoms with E-state index in [1.807, 2.05) is 0 Å². The minimum atomic E-state index is -0.753. The Labute approximate surface area is 214 Å². The van der Waals surface area contributed by atoms with Gasteiger partial charge in [0.1, 0.15) is 6.10 Å². The molecular weight excluding hydrogens is 442 g/mol. The van der Waals surface area contributed by atoms with Gasteiger partial charge in [0.05, 0.1) is 5.92 Å². The fraction of sp³-hybridized carbons (Fsp3) is 0.793. The molecule has 1 heterocycles. The molecule has 1 saturated heterocycles. The molecule has 0 amide bonds. The second-order valence-corrected chi connectivity index (χ2v) is 9.75. The van der Waals surface area contributed by atoms with Gasteiger partial charge >= 0.3 is 12.1 Å². The first-order valence-electron chi connectivity index (χ1n) is 14.0. The molecule has 1 aliphatic heterocycles. The van der Waals surface area contributed by atoms with Crippen LogP contribution in [-0.2, 0) is 19.0 Å². The number of hydrogen-bond acceptors (Lipinski definition) is 6. The van der Waals surface area contributed by atoms with Gasteiger partial charge in [-0.15, -0.1) is 0 Å². The van der Waals surface area contributed by atoms with Crippen molar-refractivity contribution in [2.24, 2.45) is 5.92 Å². The van der Waals surface area contributed by atoms with Crippen molar-refractivity contribution in [3.05, 3.63) is 24.3 Å². The number of piperidine rings is 1. The van der Waals surface area contributed by atoms with E-state index in [2.05, 4.69) is 50.1 Å². The number of esters is 1. The van der Waals surface area contributed by atoms with E-state index < -0.39 is 6.16 Å². The van der Waals surface area contributed by atoms with Crippen LogP contribution < -0.4 is 0 Å². The Morgan fingerprint density at radius 2 is 1.49 bits per heavy atom. The first-order chi connectivity index (χ1) is 17.1. The summed E-state index contributed by atoms with van der Waals surface area (Å²) in [6.07, 6.45) is 24.2. The molecule has 0 aliphatic carbocycles. The highest BCUT2D eigenvalue weighted by Crippen LogP contribution is 2.19. The van der Waals surface area contributed by atoms with Crippen molar-refractivity contribution in [1.29, 1.82) is 0 Å². The zero-order chi connectivity index (χ0) is 25.6. The summed E-state index contributed by atoms with van der Waals surface area (Å²) in [6, 6.07) is 0. The van der Waals surface area contributed by atoms with E-state index >= 15 is 0 Å². The minimum Gasteiger partial charge on any atom is -0.431 e. The van der Waals surface area contributed by atoms with Gasteiger partial charge in [-0.05, 0) is 64.8 Å². The van der Waals surface area contributed by atoms with Gasteiger partial charge in [0.15, 0.2) is 0 Å². The molecule has 1 fully saturated rings. The molecule has 1 rings (SSSR count). The quantitative estimate of drug-likeness (QED) is 0.0800. The first-order valence-corrected chi connectivity index (χ1v) is 14.0. The molecule has 1 aliphatic rings. The lowest BCUT2D eigenvalue weighted by Gasteiger charge is -2.28.